The van der Waals surface area contributed by atoms with Crippen LogP contribution in [0, 0.1) is 12.8 Å². The van der Waals surface area contributed by atoms with Gasteiger partial charge >= 0.3 is 0 Å². The molecule has 1 aliphatic rings. The molecule has 76 valence electrons. The molecule has 0 saturated carbocycles. The summed E-state index contributed by atoms with van der Waals surface area (Å²) in [6, 6.07) is 0. The van der Waals surface area contributed by atoms with Crippen LogP contribution in [-0.4, -0.2) is 22.6 Å². The van der Waals surface area contributed by atoms with Crippen molar-refractivity contribution >= 4 is 0 Å². The first-order valence-electron chi connectivity index (χ1n) is 5.00. The summed E-state index contributed by atoms with van der Waals surface area (Å²) in [6.07, 6.45) is 4.54. The topological polar surface area (TPSA) is 46.9 Å². The van der Waals surface area contributed by atoms with Gasteiger partial charge in [0.15, 0.2) is 0 Å². The molecule has 0 bridgehead atoms. The van der Waals surface area contributed by atoms with E-state index in [1.54, 1.807) is 23.9 Å². The van der Waals surface area contributed by atoms with E-state index in [-0.39, 0.29) is 5.56 Å². The number of aromatic nitrogens is 2. The van der Waals surface area contributed by atoms with Crippen LogP contribution < -0.4 is 10.9 Å². The zero-order valence-corrected chi connectivity index (χ0v) is 8.36. The second-order valence-corrected chi connectivity index (χ2v) is 3.82. The van der Waals surface area contributed by atoms with Gasteiger partial charge < -0.3 is 9.88 Å². The van der Waals surface area contributed by atoms with Crippen molar-refractivity contribution in [1.82, 2.24) is 14.9 Å². The molecule has 0 amide bonds. The Morgan fingerprint density at radius 3 is 3.07 bits per heavy atom. The number of hydrogen-bond donors (Lipinski definition) is 1. The molecule has 0 aliphatic carbocycles. The van der Waals surface area contributed by atoms with Crippen LogP contribution in [0.4, 0.5) is 0 Å². The van der Waals surface area contributed by atoms with Gasteiger partial charge in [-0.15, -0.1) is 0 Å². The SMILES string of the molecule is Cc1nccn(CCC2CNC2)c1=O. The lowest BCUT2D eigenvalue weighted by Crippen LogP contribution is -2.42. The fraction of sp³-hybridized carbons (Fsp3) is 0.600. The van der Waals surface area contributed by atoms with Gasteiger partial charge in [0.1, 0.15) is 5.69 Å². The summed E-state index contributed by atoms with van der Waals surface area (Å²) in [5.74, 6) is 0.746. The number of rotatable bonds is 3. The first kappa shape index (κ1) is 9.40. The van der Waals surface area contributed by atoms with Crippen LogP contribution in [0.3, 0.4) is 0 Å². The molecule has 1 N–H and O–H groups in total. The second-order valence-electron chi connectivity index (χ2n) is 3.82. The number of nitrogens with one attached hydrogen (secondary N) is 1. The van der Waals surface area contributed by atoms with Crippen LogP contribution in [0.1, 0.15) is 12.1 Å². The Kier molecular flexibility index (Phi) is 2.63. The molecule has 1 saturated heterocycles. The first-order chi connectivity index (χ1) is 6.77. The van der Waals surface area contributed by atoms with Crippen LogP contribution in [0.5, 0.6) is 0 Å². The molecule has 4 heteroatoms. The maximum absolute atomic E-state index is 11.6. The smallest absolute Gasteiger partial charge is 0.271 e. The van der Waals surface area contributed by atoms with Crippen LogP contribution in [0.2, 0.25) is 0 Å². The number of hydrogen-bond acceptors (Lipinski definition) is 3. The van der Waals surface area contributed by atoms with E-state index in [1.165, 1.54) is 0 Å². The minimum Gasteiger partial charge on any atom is -0.316 e. The molecule has 1 aromatic heterocycles. The maximum atomic E-state index is 11.6. The van der Waals surface area contributed by atoms with Gasteiger partial charge in [0.05, 0.1) is 0 Å². The molecule has 4 nitrogen and oxygen atoms in total. The highest BCUT2D eigenvalue weighted by Crippen LogP contribution is 2.08. The minimum atomic E-state index is 0.0415. The van der Waals surface area contributed by atoms with Gasteiger partial charge in [-0.1, -0.05) is 0 Å². The van der Waals surface area contributed by atoms with E-state index in [1.807, 2.05) is 0 Å². The van der Waals surface area contributed by atoms with E-state index < -0.39 is 0 Å². The summed E-state index contributed by atoms with van der Waals surface area (Å²) in [4.78, 5) is 15.5. The van der Waals surface area contributed by atoms with Gasteiger partial charge in [0.25, 0.3) is 5.56 Å². The van der Waals surface area contributed by atoms with E-state index in [4.69, 9.17) is 0 Å². The van der Waals surface area contributed by atoms with E-state index >= 15 is 0 Å². The third-order valence-electron chi connectivity index (χ3n) is 2.73. The molecule has 0 atom stereocenters. The number of nitrogens with zero attached hydrogens (tertiary/aromatic N) is 2. The lowest BCUT2D eigenvalue weighted by molar-refractivity contribution is 0.310. The van der Waals surface area contributed by atoms with Crippen LogP contribution in [0.25, 0.3) is 0 Å². The third kappa shape index (κ3) is 1.85. The van der Waals surface area contributed by atoms with Gasteiger partial charge in [-0.3, -0.25) is 9.78 Å². The van der Waals surface area contributed by atoms with Crippen molar-refractivity contribution < 1.29 is 0 Å². The Bertz CT molecular complexity index is 368. The van der Waals surface area contributed by atoms with Gasteiger partial charge in [-0.2, -0.15) is 0 Å². The predicted molar refractivity (Wildman–Crippen MR) is 54.2 cm³/mol. The van der Waals surface area contributed by atoms with E-state index in [0.29, 0.717) is 5.69 Å². The Labute approximate surface area is 83.0 Å². The highest BCUT2D eigenvalue weighted by Gasteiger charge is 2.16. The fourth-order valence-corrected chi connectivity index (χ4v) is 1.61. The maximum Gasteiger partial charge on any atom is 0.271 e. The van der Waals surface area contributed by atoms with Gasteiger partial charge in [-0.25, -0.2) is 0 Å². The third-order valence-corrected chi connectivity index (χ3v) is 2.73. The molecule has 1 aromatic rings. The largest absolute Gasteiger partial charge is 0.316 e. The van der Waals surface area contributed by atoms with E-state index in [2.05, 4.69) is 10.3 Å². The van der Waals surface area contributed by atoms with Crippen molar-refractivity contribution in [2.75, 3.05) is 13.1 Å². The van der Waals surface area contributed by atoms with Crippen LogP contribution in [0.15, 0.2) is 17.2 Å². The van der Waals surface area contributed by atoms with Crippen molar-refractivity contribution in [1.29, 1.82) is 0 Å². The van der Waals surface area contributed by atoms with Gasteiger partial charge in [0.2, 0.25) is 0 Å². The molecule has 0 radical (unpaired) electrons. The van der Waals surface area contributed by atoms with Crippen LogP contribution in [-0.2, 0) is 6.54 Å². The van der Waals surface area contributed by atoms with Crippen molar-refractivity contribution in [3.05, 3.63) is 28.4 Å². The van der Waals surface area contributed by atoms with Gasteiger partial charge in [0, 0.05) is 18.9 Å². The lowest BCUT2D eigenvalue weighted by Gasteiger charge is -2.27. The summed E-state index contributed by atoms with van der Waals surface area (Å²) in [5.41, 5.74) is 0.624. The molecule has 1 aliphatic heterocycles. The first-order valence-corrected chi connectivity index (χ1v) is 5.00. The zero-order chi connectivity index (χ0) is 9.97. The summed E-state index contributed by atoms with van der Waals surface area (Å²) in [6.45, 7) is 4.76. The Morgan fingerprint density at radius 2 is 2.43 bits per heavy atom. The monoisotopic (exact) mass is 193 g/mol. The van der Waals surface area contributed by atoms with Crippen molar-refractivity contribution in [2.24, 2.45) is 5.92 Å². The van der Waals surface area contributed by atoms with Gasteiger partial charge in [-0.05, 0) is 32.4 Å². The normalized spacial score (nSPS) is 16.6. The predicted octanol–water partition coefficient (Wildman–Crippen LogP) is 0.161. The standard InChI is InChI=1S/C10H15N3O/c1-8-10(14)13(5-3-12-8)4-2-9-6-11-7-9/h3,5,9,11H,2,4,6-7H2,1H3. The number of aryl methyl sites for hydroxylation is 2. The summed E-state index contributed by atoms with van der Waals surface area (Å²) in [7, 11) is 0. The second kappa shape index (κ2) is 3.92. The minimum absolute atomic E-state index is 0.0415. The fourth-order valence-electron chi connectivity index (χ4n) is 1.61. The van der Waals surface area contributed by atoms with Crippen molar-refractivity contribution in [3.63, 3.8) is 0 Å². The Morgan fingerprint density at radius 1 is 1.64 bits per heavy atom. The van der Waals surface area contributed by atoms with E-state index in [0.717, 1.165) is 32.0 Å². The molecule has 0 aromatic carbocycles. The zero-order valence-electron chi connectivity index (χ0n) is 8.36. The molecule has 2 rings (SSSR count). The summed E-state index contributed by atoms with van der Waals surface area (Å²) in [5, 5.41) is 3.22. The molecule has 0 spiro atoms. The quantitative estimate of drug-likeness (QED) is 0.744. The molecule has 0 unspecified atom stereocenters. The average molecular weight is 193 g/mol. The Hall–Kier alpha value is -1.16. The summed E-state index contributed by atoms with van der Waals surface area (Å²) < 4.78 is 1.75. The lowest BCUT2D eigenvalue weighted by atomic mass is 9.99. The van der Waals surface area contributed by atoms with Crippen molar-refractivity contribution in [3.8, 4) is 0 Å². The highest BCUT2D eigenvalue weighted by molar-refractivity contribution is 4.94. The molecular formula is C10H15N3O. The highest BCUT2D eigenvalue weighted by atomic mass is 16.1. The molecule has 14 heavy (non-hydrogen) atoms. The average Bonchev–Trinajstić information content (AvgIpc) is 2.09. The molecular weight excluding hydrogens is 178 g/mol. The Balaban J connectivity index is 2.01. The molecule has 2 heterocycles. The van der Waals surface area contributed by atoms with E-state index in [9.17, 15) is 4.79 Å². The van der Waals surface area contributed by atoms with Crippen molar-refractivity contribution in [2.45, 2.75) is 19.9 Å². The summed E-state index contributed by atoms with van der Waals surface area (Å²) >= 11 is 0. The van der Waals surface area contributed by atoms with Crippen LogP contribution >= 0.6 is 0 Å². The molecule has 1 fully saturated rings.